The second-order valence-electron chi connectivity index (χ2n) is 3.37. The minimum absolute atomic E-state index is 0.0939. The Morgan fingerprint density at radius 2 is 2.12 bits per heavy atom. The minimum atomic E-state index is -0.926. The average molecular weight is 238 g/mol. The van der Waals surface area contributed by atoms with E-state index in [4.69, 9.17) is 0 Å². The van der Waals surface area contributed by atoms with Crippen molar-refractivity contribution in [2.75, 3.05) is 5.32 Å². The van der Waals surface area contributed by atoms with E-state index < -0.39 is 17.5 Å². The summed E-state index contributed by atoms with van der Waals surface area (Å²) in [5.41, 5.74) is -0.0607. The van der Waals surface area contributed by atoms with E-state index in [0.717, 1.165) is 6.07 Å². The summed E-state index contributed by atoms with van der Waals surface area (Å²) in [7, 11) is 0. The lowest BCUT2D eigenvalue weighted by Gasteiger charge is -2.05. The van der Waals surface area contributed by atoms with Crippen molar-refractivity contribution in [1.29, 1.82) is 0 Å². The highest BCUT2D eigenvalue weighted by molar-refractivity contribution is 6.03. The van der Waals surface area contributed by atoms with E-state index in [-0.39, 0.29) is 17.1 Å². The molecule has 0 unspecified atom stereocenters. The third-order valence-electron chi connectivity index (χ3n) is 2.14. The highest BCUT2D eigenvalue weighted by Gasteiger charge is 2.15. The topological polar surface area (TPSA) is 70.7 Å². The number of H-pyrrole nitrogens is 1. The van der Waals surface area contributed by atoms with Gasteiger partial charge in [-0.15, -0.1) is 0 Å². The van der Waals surface area contributed by atoms with Crippen LogP contribution in [0.25, 0.3) is 0 Å². The number of nitrogens with one attached hydrogen (secondary N) is 2. The molecular formula is C10H8F2N4O. The minimum Gasteiger partial charge on any atom is -0.291 e. The molecule has 1 aromatic heterocycles. The van der Waals surface area contributed by atoms with Gasteiger partial charge in [0.2, 0.25) is 5.95 Å². The van der Waals surface area contributed by atoms with E-state index in [1.807, 2.05) is 0 Å². The average Bonchev–Trinajstić information content (AvgIpc) is 2.76. The molecule has 88 valence electrons. The molecule has 0 atom stereocenters. The SMILES string of the molecule is Cc1cc(C(=O)Nc2ncn[nH]2)c(F)cc1F. The van der Waals surface area contributed by atoms with Crippen molar-refractivity contribution in [3.8, 4) is 0 Å². The number of carbonyl (C=O) groups excluding carboxylic acids is 1. The van der Waals surface area contributed by atoms with Gasteiger partial charge >= 0.3 is 0 Å². The summed E-state index contributed by atoms with van der Waals surface area (Å²) in [4.78, 5) is 15.3. The number of nitrogens with zero attached hydrogens (tertiary/aromatic N) is 2. The van der Waals surface area contributed by atoms with Crippen molar-refractivity contribution in [2.45, 2.75) is 6.92 Å². The molecule has 0 saturated carbocycles. The van der Waals surface area contributed by atoms with Gasteiger partial charge in [-0.3, -0.25) is 10.1 Å². The molecule has 1 amide bonds. The molecule has 2 rings (SSSR count). The van der Waals surface area contributed by atoms with Gasteiger partial charge in [0.15, 0.2) is 0 Å². The van der Waals surface area contributed by atoms with Gasteiger partial charge in [-0.05, 0) is 18.6 Å². The molecule has 7 heteroatoms. The molecule has 0 radical (unpaired) electrons. The van der Waals surface area contributed by atoms with Crippen LogP contribution in [0, 0.1) is 18.6 Å². The van der Waals surface area contributed by atoms with Gasteiger partial charge in [0.05, 0.1) is 5.56 Å². The Kier molecular flexibility index (Phi) is 2.82. The summed E-state index contributed by atoms with van der Waals surface area (Å²) in [5, 5.41) is 8.21. The first-order valence-electron chi connectivity index (χ1n) is 4.70. The highest BCUT2D eigenvalue weighted by Crippen LogP contribution is 2.15. The van der Waals surface area contributed by atoms with Crippen LogP contribution in [-0.4, -0.2) is 21.1 Å². The van der Waals surface area contributed by atoms with E-state index in [1.54, 1.807) is 0 Å². The molecule has 17 heavy (non-hydrogen) atoms. The molecule has 0 aliphatic rings. The summed E-state index contributed by atoms with van der Waals surface area (Å²) in [6, 6.07) is 1.81. The number of carbonyl (C=O) groups is 1. The van der Waals surface area contributed by atoms with Crippen LogP contribution < -0.4 is 5.32 Å². The van der Waals surface area contributed by atoms with Crippen LogP contribution in [0.4, 0.5) is 14.7 Å². The van der Waals surface area contributed by atoms with Crippen LogP contribution in [0.1, 0.15) is 15.9 Å². The number of hydrogen-bond acceptors (Lipinski definition) is 3. The molecule has 0 aliphatic heterocycles. The molecule has 2 N–H and O–H groups in total. The monoisotopic (exact) mass is 238 g/mol. The van der Waals surface area contributed by atoms with E-state index in [1.165, 1.54) is 13.3 Å². The standard InChI is InChI=1S/C10H8F2N4O/c1-5-2-6(8(12)3-7(5)11)9(17)15-10-13-4-14-16-10/h2-4H,1H3,(H2,13,14,15,16,17). The first kappa shape index (κ1) is 11.2. The zero-order valence-electron chi connectivity index (χ0n) is 8.79. The Hall–Kier alpha value is -2.31. The molecule has 0 fully saturated rings. The van der Waals surface area contributed by atoms with E-state index >= 15 is 0 Å². The lowest BCUT2D eigenvalue weighted by atomic mass is 10.1. The number of benzene rings is 1. The number of anilines is 1. The maximum absolute atomic E-state index is 13.4. The highest BCUT2D eigenvalue weighted by atomic mass is 19.1. The normalized spacial score (nSPS) is 10.3. The van der Waals surface area contributed by atoms with Gasteiger partial charge in [-0.2, -0.15) is 10.1 Å². The van der Waals surface area contributed by atoms with Gasteiger partial charge in [-0.1, -0.05) is 0 Å². The van der Waals surface area contributed by atoms with E-state index in [9.17, 15) is 13.6 Å². The van der Waals surface area contributed by atoms with Gasteiger partial charge < -0.3 is 0 Å². The predicted octanol–water partition coefficient (Wildman–Crippen LogP) is 1.64. The van der Waals surface area contributed by atoms with Crippen LogP contribution in [0.3, 0.4) is 0 Å². The predicted molar refractivity (Wildman–Crippen MR) is 55.4 cm³/mol. The third-order valence-corrected chi connectivity index (χ3v) is 2.14. The van der Waals surface area contributed by atoms with Crippen molar-refractivity contribution in [1.82, 2.24) is 15.2 Å². The fourth-order valence-corrected chi connectivity index (χ4v) is 1.27. The number of rotatable bonds is 2. The largest absolute Gasteiger partial charge is 0.291 e. The van der Waals surface area contributed by atoms with Gasteiger partial charge in [0.1, 0.15) is 18.0 Å². The maximum Gasteiger partial charge on any atom is 0.260 e. The molecule has 0 saturated heterocycles. The van der Waals surface area contributed by atoms with Crippen LogP contribution in [0.2, 0.25) is 0 Å². The molecular weight excluding hydrogens is 230 g/mol. The number of hydrogen-bond donors (Lipinski definition) is 2. The van der Waals surface area contributed by atoms with Crippen molar-refractivity contribution in [2.24, 2.45) is 0 Å². The number of halogens is 2. The van der Waals surface area contributed by atoms with Gasteiger partial charge in [0.25, 0.3) is 5.91 Å². The zero-order chi connectivity index (χ0) is 12.4. The number of aromatic nitrogens is 3. The molecule has 0 aliphatic carbocycles. The summed E-state index contributed by atoms with van der Waals surface area (Å²) < 4.78 is 26.4. The molecule has 1 heterocycles. The first-order valence-corrected chi connectivity index (χ1v) is 4.70. The van der Waals surface area contributed by atoms with Crippen LogP contribution in [0.5, 0.6) is 0 Å². The second-order valence-corrected chi connectivity index (χ2v) is 3.37. The molecule has 5 nitrogen and oxygen atoms in total. The Balaban J connectivity index is 2.28. The summed E-state index contributed by atoms with van der Waals surface area (Å²) in [5.74, 6) is -2.25. The fourth-order valence-electron chi connectivity index (χ4n) is 1.27. The van der Waals surface area contributed by atoms with Crippen LogP contribution in [-0.2, 0) is 0 Å². The smallest absolute Gasteiger partial charge is 0.260 e. The van der Waals surface area contributed by atoms with E-state index in [2.05, 4.69) is 20.5 Å². The Labute approximate surface area is 94.9 Å². The van der Waals surface area contributed by atoms with Crippen molar-refractivity contribution >= 4 is 11.9 Å². The van der Waals surface area contributed by atoms with Crippen molar-refractivity contribution in [3.05, 3.63) is 41.2 Å². The van der Waals surface area contributed by atoms with Crippen molar-refractivity contribution < 1.29 is 13.6 Å². The quantitative estimate of drug-likeness (QED) is 0.835. The molecule has 2 aromatic rings. The third kappa shape index (κ3) is 2.27. The van der Waals surface area contributed by atoms with Crippen molar-refractivity contribution in [3.63, 3.8) is 0 Å². The Morgan fingerprint density at radius 1 is 1.35 bits per heavy atom. The summed E-state index contributed by atoms with van der Waals surface area (Å²) in [6.45, 7) is 1.44. The molecule has 0 bridgehead atoms. The summed E-state index contributed by atoms with van der Waals surface area (Å²) in [6.07, 6.45) is 1.20. The van der Waals surface area contributed by atoms with E-state index in [0.29, 0.717) is 6.07 Å². The lowest BCUT2D eigenvalue weighted by molar-refractivity contribution is 0.102. The molecule has 0 spiro atoms. The number of aryl methyl sites for hydroxylation is 1. The second kappa shape index (κ2) is 4.28. The number of amides is 1. The summed E-state index contributed by atoms with van der Waals surface area (Å²) >= 11 is 0. The Bertz CT molecular complexity index is 554. The maximum atomic E-state index is 13.4. The Morgan fingerprint density at radius 3 is 2.76 bits per heavy atom. The molecule has 1 aromatic carbocycles. The van der Waals surface area contributed by atoms with Gasteiger partial charge in [-0.25, -0.2) is 13.9 Å². The lowest BCUT2D eigenvalue weighted by Crippen LogP contribution is -2.15. The first-order chi connectivity index (χ1) is 8.08. The fraction of sp³-hybridized carbons (Fsp3) is 0.100. The van der Waals surface area contributed by atoms with Gasteiger partial charge in [0, 0.05) is 6.07 Å². The zero-order valence-corrected chi connectivity index (χ0v) is 8.79. The number of aromatic amines is 1. The van der Waals surface area contributed by atoms with Crippen LogP contribution in [0.15, 0.2) is 18.5 Å². The van der Waals surface area contributed by atoms with Crippen LogP contribution >= 0.6 is 0 Å².